The van der Waals surface area contributed by atoms with Gasteiger partial charge in [-0.2, -0.15) is 0 Å². The van der Waals surface area contributed by atoms with Gasteiger partial charge in [-0.1, -0.05) is 0 Å². The van der Waals surface area contributed by atoms with Crippen molar-refractivity contribution < 1.29 is 42.1 Å². The van der Waals surface area contributed by atoms with Gasteiger partial charge in [0.25, 0.3) is 12.9 Å². The van der Waals surface area contributed by atoms with E-state index in [1.165, 1.54) is 0 Å². The van der Waals surface area contributed by atoms with Crippen LogP contribution >= 0.6 is 7.82 Å². The number of rotatable bonds is 12. The number of hydrogen-bond acceptors (Lipinski definition) is 7. The molecule has 20 heavy (non-hydrogen) atoms. The zero-order valence-electron chi connectivity index (χ0n) is 11.8. The van der Waals surface area contributed by atoms with Crippen LogP contribution in [-0.4, -0.2) is 75.9 Å². The Hall–Kier alpha value is -0.990. The predicted octanol–water partition coefficient (Wildman–Crippen LogP) is -0.459. The van der Waals surface area contributed by atoms with Gasteiger partial charge >= 0.3 is 7.82 Å². The predicted molar refractivity (Wildman–Crippen MR) is 67.6 cm³/mol. The van der Waals surface area contributed by atoms with Crippen LogP contribution in [0.3, 0.4) is 0 Å². The number of likely N-dealkylation sites (N-methyl/N-ethyl adjacent to an activating group) is 1. The summed E-state index contributed by atoms with van der Waals surface area (Å²) in [5, 5.41) is 0. The number of quaternary nitrogens is 1. The summed E-state index contributed by atoms with van der Waals surface area (Å²) in [5.74, 6) is 0. The van der Waals surface area contributed by atoms with Gasteiger partial charge in [-0.25, -0.2) is 4.57 Å². The molecule has 0 aromatic rings. The number of carbonyl (C=O) groups excluding carboxylic acids is 2. The average Bonchev–Trinajstić information content (AvgIpc) is 2.31. The third kappa shape index (κ3) is 10.9. The van der Waals surface area contributed by atoms with Crippen molar-refractivity contribution in [2.24, 2.45) is 0 Å². The van der Waals surface area contributed by atoms with Gasteiger partial charge in [0.05, 0.1) is 27.7 Å². The molecule has 9 nitrogen and oxygen atoms in total. The van der Waals surface area contributed by atoms with E-state index in [1.54, 1.807) is 0 Å². The van der Waals surface area contributed by atoms with Crippen LogP contribution in [0, 0.1) is 0 Å². The summed E-state index contributed by atoms with van der Waals surface area (Å²) in [5.41, 5.74) is 0. The minimum absolute atomic E-state index is 0.0291. The molecule has 0 bridgehead atoms. The molecule has 0 saturated heterocycles. The van der Waals surface area contributed by atoms with Crippen molar-refractivity contribution in [1.82, 2.24) is 0 Å². The molecule has 0 aliphatic rings. The Kier molecular flexibility index (Phi) is 8.59. The van der Waals surface area contributed by atoms with E-state index in [9.17, 15) is 19.0 Å². The second-order valence-corrected chi connectivity index (χ2v) is 6.35. The highest BCUT2D eigenvalue weighted by atomic mass is 31.2. The van der Waals surface area contributed by atoms with Crippen molar-refractivity contribution >= 4 is 20.8 Å². The second kappa shape index (κ2) is 9.04. The van der Waals surface area contributed by atoms with Crippen LogP contribution < -0.4 is 0 Å². The highest BCUT2D eigenvalue weighted by molar-refractivity contribution is 7.47. The van der Waals surface area contributed by atoms with Crippen LogP contribution in [0.1, 0.15) is 0 Å². The van der Waals surface area contributed by atoms with E-state index in [-0.39, 0.29) is 26.2 Å². The van der Waals surface area contributed by atoms with Gasteiger partial charge in [0.1, 0.15) is 19.8 Å². The highest BCUT2D eigenvalue weighted by Crippen LogP contribution is 2.43. The Morgan fingerprint density at radius 1 is 1.15 bits per heavy atom. The zero-order valence-corrected chi connectivity index (χ0v) is 12.7. The van der Waals surface area contributed by atoms with E-state index in [1.807, 2.05) is 21.1 Å². The smallest absolute Gasteiger partial charge is 0.464 e. The molecule has 0 aromatic heterocycles. The summed E-state index contributed by atoms with van der Waals surface area (Å²) in [6, 6.07) is 0. The average molecular weight is 314 g/mol. The molecule has 0 saturated carbocycles. The standard InChI is InChI=1S/C10H20NO8P/c1-11(2,3)4-5-18-20(14,15)19-7-10(17-9-13)6-16-8-12/h8-10H,4-7H2,1-3H3/p+1/t10-/m1/s1. The maximum atomic E-state index is 11.5. The van der Waals surface area contributed by atoms with Crippen LogP contribution in [0.2, 0.25) is 0 Å². The molecule has 0 fully saturated rings. The number of phosphoric ester groups is 1. The summed E-state index contributed by atoms with van der Waals surface area (Å²) in [6.45, 7) is 0.128. The summed E-state index contributed by atoms with van der Waals surface area (Å²) in [7, 11) is 1.46. The lowest BCUT2D eigenvalue weighted by Gasteiger charge is -2.24. The van der Waals surface area contributed by atoms with Crippen LogP contribution in [0.15, 0.2) is 0 Å². The van der Waals surface area contributed by atoms with E-state index >= 15 is 0 Å². The molecule has 0 rings (SSSR count). The molecule has 2 atom stereocenters. The van der Waals surface area contributed by atoms with Gasteiger partial charge in [-0.05, 0) is 0 Å². The number of hydrogen-bond donors (Lipinski definition) is 1. The van der Waals surface area contributed by atoms with Crippen molar-refractivity contribution in [3.63, 3.8) is 0 Å². The summed E-state index contributed by atoms with van der Waals surface area (Å²) in [6.07, 6.45) is -0.972. The minimum atomic E-state index is -4.24. The Morgan fingerprint density at radius 2 is 1.80 bits per heavy atom. The fourth-order valence-corrected chi connectivity index (χ4v) is 1.74. The van der Waals surface area contributed by atoms with E-state index < -0.39 is 20.5 Å². The molecular formula is C10H21NO8P+. The number of phosphoric acid groups is 1. The Balaban J connectivity index is 4.12. The fraction of sp³-hybridized carbons (Fsp3) is 0.800. The maximum absolute atomic E-state index is 11.5. The van der Waals surface area contributed by atoms with Crippen LogP contribution in [0.4, 0.5) is 0 Å². The van der Waals surface area contributed by atoms with Crippen molar-refractivity contribution in [1.29, 1.82) is 0 Å². The molecular weight excluding hydrogens is 293 g/mol. The van der Waals surface area contributed by atoms with Gasteiger partial charge < -0.3 is 18.9 Å². The van der Waals surface area contributed by atoms with Gasteiger partial charge in [-0.3, -0.25) is 18.6 Å². The number of carbonyl (C=O) groups is 2. The zero-order chi connectivity index (χ0) is 15.6. The van der Waals surface area contributed by atoms with Gasteiger partial charge in [0, 0.05) is 0 Å². The first-order valence-electron chi connectivity index (χ1n) is 5.77. The van der Waals surface area contributed by atoms with Crippen molar-refractivity contribution in [3.8, 4) is 0 Å². The molecule has 0 heterocycles. The maximum Gasteiger partial charge on any atom is 0.472 e. The Morgan fingerprint density at radius 3 is 2.30 bits per heavy atom. The van der Waals surface area contributed by atoms with Crippen molar-refractivity contribution in [2.75, 3.05) is 47.5 Å². The largest absolute Gasteiger partial charge is 0.472 e. The summed E-state index contributed by atoms with van der Waals surface area (Å²) < 4.78 is 30.4. The monoisotopic (exact) mass is 314 g/mol. The number of ether oxygens (including phenoxy) is 2. The summed E-state index contributed by atoms with van der Waals surface area (Å²) >= 11 is 0. The quantitative estimate of drug-likeness (QED) is 0.293. The lowest BCUT2D eigenvalue weighted by atomic mass is 10.4. The lowest BCUT2D eigenvalue weighted by molar-refractivity contribution is -0.870. The van der Waals surface area contributed by atoms with Crippen LogP contribution in [0.25, 0.3) is 0 Å². The topological polar surface area (TPSA) is 108 Å². The number of nitrogens with zero attached hydrogens (tertiary/aromatic N) is 1. The molecule has 0 aliphatic carbocycles. The first kappa shape index (κ1) is 19.0. The SMILES string of the molecule is C[N+](C)(C)CCOP(=O)(O)OC[C@@H](COC=O)OC=O. The minimum Gasteiger partial charge on any atom is -0.464 e. The van der Waals surface area contributed by atoms with Crippen molar-refractivity contribution in [2.45, 2.75) is 6.10 Å². The Bertz CT molecular complexity index is 343. The molecule has 1 unspecified atom stereocenters. The Labute approximate surface area is 117 Å². The van der Waals surface area contributed by atoms with Gasteiger partial charge in [0.2, 0.25) is 0 Å². The second-order valence-electron chi connectivity index (χ2n) is 4.90. The normalized spacial score (nSPS) is 16.0. The highest BCUT2D eigenvalue weighted by Gasteiger charge is 2.25. The fourth-order valence-electron chi connectivity index (χ4n) is 0.996. The van der Waals surface area contributed by atoms with Gasteiger partial charge in [-0.15, -0.1) is 0 Å². The van der Waals surface area contributed by atoms with Crippen molar-refractivity contribution in [3.05, 3.63) is 0 Å². The van der Waals surface area contributed by atoms with Crippen LogP contribution in [0.5, 0.6) is 0 Å². The molecule has 0 spiro atoms. The first-order valence-corrected chi connectivity index (χ1v) is 7.26. The first-order chi connectivity index (χ1) is 9.20. The van der Waals surface area contributed by atoms with E-state index in [0.29, 0.717) is 11.0 Å². The summed E-state index contributed by atoms with van der Waals surface area (Å²) in [4.78, 5) is 29.6. The van der Waals surface area contributed by atoms with Gasteiger partial charge in [0.15, 0.2) is 6.10 Å². The molecule has 1 N–H and O–H groups in total. The van der Waals surface area contributed by atoms with E-state index in [0.717, 1.165) is 0 Å². The molecule has 0 aromatic carbocycles. The van der Waals surface area contributed by atoms with E-state index in [4.69, 9.17) is 4.52 Å². The molecule has 10 heteroatoms. The lowest BCUT2D eigenvalue weighted by Crippen LogP contribution is -2.37. The third-order valence-corrected chi connectivity index (χ3v) is 3.02. The molecule has 118 valence electrons. The van der Waals surface area contributed by atoms with E-state index in [2.05, 4.69) is 14.0 Å². The third-order valence-electron chi connectivity index (χ3n) is 2.04. The molecule has 0 amide bonds. The molecule has 0 aliphatic heterocycles. The molecule has 0 radical (unpaired) electrons. The van der Waals surface area contributed by atoms with Crippen LogP contribution in [-0.2, 0) is 32.7 Å².